The van der Waals surface area contributed by atoms with Gasteiger partial charge in [-0.05, 0) is 233 Å². The average Bonchev–Trinajstić information content (AvgIpc) is 1.50. The smallest absolute Gasteiger partial charge is 0.0541 e. The molecular weight excluding hydrogens is 1340 g/mol. The molecule has 0 saturated carbocycles. The van der Waals surface area contributed by atoms with E-state index < -0.39 is 0 Å². The molecule has 2 aliphatic heterocycles. The van der Waals surface area contributed by atoms with Crippen LogP contribution in [0.25, 0.3) is 111 Å². The van der Waals surface area contributed by atoms with Crippen LogP contribution in [0, 0.1) is 0 Å². The zero-order chi connectivity index (χ0) is 73.8. The van der Waals surface area contributed by atoms with Crippen LogP contribution in [-0.4, -0.2) is 9.13 Å². The largest absolute Gasteiger partial charge is 0.310 e. The molecule has 0 radical (unpaired) electrons. The second kappa shape index (κ2) is 24.8. The maximum atomic E-state index is 2.51. The van der Waals surface area contributed by atoms with Crippen molar-refractivity contribution in [2.24, 2.45) is 0 Å². The van der Waals surface area contributed by atoms with Crippen molar-refractivity contribution in [3.05, 3.63) is 383 Å². The van der Waals surface area contributed by atoms with Crippen LogP contribution >= 0.6 is 0 Å². The van der Waals surface area contributed by atoms with E-state index in [1.807, 2.05) is 0 Å². The lowest BCUT2D eigenvalue weighted by Gasteiger charge is -2.42. The van der Waals surface area contributed by atoms with Crippen molar-refractivity contribution in [2.45, 2.75) is 111 Å². The minimum atomic E-state index is -0.203. The zero-order valence-electron chi connectivity index (χ0n) is 63.5. The topological polar surface area (TPSA) is 16.3 Å². The lowest BCUT2D eigenvalue weighted by molar-refractivity contribution is 0.631. The number of nitrogens with zero attached hydrogens (tertiary/aromatic N) is 4. The molecule has 0 spiro atoms. The Morgan fingerprint density at radius 2 is 0.468 bits per heavy atom. The average molecular weight is 1430 g/mol. The van der Waals surface area contributed by atoms with Gasteiger partial charge in [-0.1, -0.05) is 290 Å². The molecule has 22 rings (SSSR count). The molecule has 0 amide bonds. The Hall–Kier alpha value is -12.5. The van der Waals surface area contributed by atoms with Gasteiger partial charge in [-0.15, -0.1) is 0 Å². The first-order valence-electron chi connectivity index (χ1n) is 38.8. The normalized spacial score (nSPS) is 15.3. The Balaban J connectivity index is 0.000000149. The standard InChI is InChI=1S/C57H46N2.C48H38N2.2CH4/c1-55(2)45-18-10-7-15-39(45)41-27-25-37(33-48(41)55)58-51-21-13-9-17-43(51)44-31-35(23-29-52(44)58)36-24-30-54-50(32-36)57(5,6)47-20-12-14-22-53(47)59(54)38-26-28-42-40-16-8-11-19-46(40)56(3,4)49(42)34-38;1-47(2)39-18-10-8-16-35(39)36-25-24-34(30-41(36)47)50-43-20-12-9-17-37(43)38-28-31(22-26-44(38)50)32-23-27-46-42(29-32)48(3,4)40-19-11-13-21-45(40)49(46)33-14-6-5-7-15-33;;/h7-34H,1-6H3;5-30H,1-4H3;2*1H4. The molecule has 0 unspecified atom stereocenters. The molecule has 0 fully saturated rings. The summed E-state index contributed by atoms with van der Waals surface area (Å²) in [5, 5.41) is 5.09. The van der Waals surface area contributed by atoms with Gasteiger partial charge in [-0.3, -0.25) is 0 Å². The van der Waals surface area contributed by atoms with Crippen LogP contribution in [0.5, 0.6) is 0 Å². The third kappa shape index (κ3) is 9.91. The maximum absolute atomic E-state index is 2.51. The number of hydrogen-bond acceptors (Lipinski definition) is 2. The first-order chi connectivity index (χ1) is 52.8. The molecule has 4 nitrogen and oxygen atoms in total. The van der Waals surface area contributed by atoms with Crippen molar-refractivity contribution in [1.29, 1.82) is 0 Å². The first-order valence-corrected chi connectivity index (χ1v) is 38.8. The van der Waals surface area contributed by atoms with Crippen LogP contribution in [0.4, 0.5) is 34.1 Å². The molecule has 0 saturated heterocycles. The fourth-order valence-corrected chi connectivity index (χ4v) is 20.3. The van der Waals surface area contributed by atoms with Crippen molar-refractivity contribution in [3.8, 4) is 67.0 Å². The van der Waals surface area contributed by atoms with E-state index in [9.17, 15) is 0 Å². The number of anilines is 6. The van der Waals surface area contributed by atoms with Gasteiger partial charge in [-0.25, -0.2) is 0 Å². The lowest BCUT2D eigenvalue weighted by atomic mass is 9.72. The summed E-state index contributed by atoms with van der Waals surface area (Å²) in [5.41, 5.74) is 40.9. The molecular formula is C107H92N4. The van der Waals surface area contributed by atoms with Gasteiger partial charge < -0.3 is 18.9 Å². The van der Waals surface area contributed by atoms with E-state index in [1.54, 1.807) is 0 Å². The van der Waals surface area contributed by atoms with Crippen LogP contribution < -0.4 is 9.80 Å². The molecule has 4 heterocycles. The highest BCUT2D eigenvalue weighted by atomic mass is 15.2. The summed E-state index contributed by atoms with van der Waals surface area (Å²) >= 11 is 0. The molecule has 540 valence electrons. The Labute approximate surface area is 653 Å². The van der Waals surface area contributed by atoms with Crippen molar-refractivity contribution >= 4 is 77.7 Å². The Morgan fingerprint density at radius 3 is 0.892 bits per heavy atom. The van der Waals surface area contributed by atoms with Crippen LogP contribution in [-0.2, 0) is 27.1 Å². The molecule has 5 aliphatic rings. The SMILES string of the molecule is C.C.CC1(C)c2ccccc2-c2ccc(-n3c4ccccc4c4cc(-c5ccc6c(c5)C(C)(C)c5ccccc5N6c5ccccc5)ccc43)cc21.CC1(C)c2ccccc2-c2ccc(N3c4ccccc4C(C)(C)c4cc(-c5ccc6c(c5)c5ccccc5n6-c5ccc6c(c5)C(C)(C)c5ccccc5-6)ccc43)cc21. The van der Waals surface area contributed by atoms with Crippen molar-refractivity contribution in [1.82, 2.24) is 9.13 Å². The zero-order valence-corrected chi connectivity index (χ0v) is 63.5. The highest BCUT2D eigenvalue weighted by Gasteiger charge is 2.43. The fourth-order valence-electron chi connectivity index (χ4n) is 20.3. The summed E-state index contributed by atoms with van der Waals surface area (Å²) in [6.07, 6.45) is 0. The third-order valence-corrected chi connectivity index (χ3v) is 26.0. The van der Waals surface area contributed by atoms with Gasteiger partial charge in [0.2, 0.25) is 0 Å². The fraction of sp³-hybridized carbons (Fsp3) is 0.159. The predicted molar refractivity (Wildman–Crippen MR) is 472 cm³/mol. The van der Waals surface area contributed by atoms with Crippen LogP contribution in [0.1, 0.15) is 140 Å². The molecule has 2 aromatic heterocycles. The molecule has 4 heteroatoms. The lowest BCUT2D eigenvalue weighted by Crippen LogP contribution is -2.30. The van der Waals surface area contributed by atoms with Crippen molar-refractivity contribution < 1.29 is 0 Å². The van der Waals surface area contributed by atoms with E-state index in [0.717, 1.165) is 0 Å². The van der Waals surface area contributed by atoms with Gasteiger partial charge in [0, 0.05) is 71.4 Å². The second-order valence-electron chi connectivity index (χ2n) is 33.6. The second-order valence-corrected chi connectivity index (χ2v) is 33.6. The molecule has 3 aliphatic carbocycles. The Bertz CT molecular complexity index is 6720. The van der Waals surface area contributed by atoms with Gasteiger partial charge in [0.25, 0.3) is 0 Å². The molecule has 17 aromatic rings. The number of para-hydroxylation sites is 5. The van der Waals surface area contributed by atoms with E-state index in [1.165, 1.54) is 200 Å². The summed E-state index contributed by atoms with van der Waals surface area (Å²) in [5.74, 6) is 0. The van der Waals surface area contributed by atoms with Crippen molar-refractivity contribution in [2.75, 3.05) is 9.80 Å². The van der Waals surface area contributed by atoms with Crippen LogP contribution in [0.15, 0.2) is 328 Å². The van der Waals surface area contributed by atoms with Crippen LogP contribution in [0.3, 0.4) is 0 Å². The van der Waals surface area contributed by atoms with Crippen molar-refractivity contribution in [3.63, 3.8) is 0 Å². The summed E-state index contributed by atoms with van der Waals surface area (Å²) < 4.78 is 4.92. The first kappa shape index (κ1) is 69.0. The molecule has 111 heavy (non-hydrogen) atoms. The minimum Gasteiger partial charge on any atom is -0.310 e. The number of benzene rings is 15. The summed E-state index contributed by atoms with van der Waals surface area (Å²) in [6, 6.07) is 123. The van der Waals surface area contributed by atoms with E-state index in [4.69, 9.17) is 0 Å². The Kier molecular flexibility index (Phi) is 15.4. The highest BCUT2D eigenvalue weighted by Crippen LogP contribution is 2.58. The van der Waals surface area contributed by atoms with Gasteiger partial charge in [0.1, 0.15) is 0 Å². The van der Waals surface area contributed by atoms with Gasteiger partial charge in [-0.2, -0.15) is 0 Å². The Morgan fingerprint density at radius 1 is 0.180 bits per heavy atom. The van der Waals surface area contributed by atoms with E-state index >= 15 is 0 Å². The third-order valence-electron chi connectivity index (χ3n) is 26.0. The quantitative estimate of drug-likeness (QED) is 0.165. The van der Waals surface area contributed by atoms with E-state index in [-0.39, 0.29) is 41.9 Å². The molecule has 0 N–H and O–H groups in total. The minimum absolute atomic E-state index is 0. The molecule has 15 aromatic carbocycles. The van der Waals surface area contributed by atoms with Gasteiger partial charge in [0.15, 0.2) is 0 Å². The van der Waals surface area contributed by atoms with E-state index in [2.05, 4.69) is 416 Å². The monoisotopic (exact) mass is 1430 g/mol. The maximum Gasteiger partial charge on any atom is 0.0541 e. The predicted octanol–water partition coefficient (Wildman–Crippen LogP) is 29.3. The number of aromatic nitrogens is 2. The van der Waals surface area contributed by atoms with Gasteiger partial charge in [0.05, 0.1) is 44.8 Å². The highest BCUT2D eigenvalue weighted by molar-refractivity contribution is 6.12. The number of rotatable bonds is 6. The number of fused-ring (bicyclic) bond motifs is 19. The molecule has 0 bridgehead atoms. The summed E-state index contributed by atoms with van der Waals surface area (Å²) in [4.78, 5) is 4.93. The van der Waals surface area contributed by atoms with Crippen LogP contribution in [0.2, 0.25) is 0 Å². The summed E-state index contributed by atoms with van der Waals surface area (Å²) in [6.45, 7) is 23.7. The van der Waals surface area contributed by atoms with E-state index in [0.29, 0.717) is 0 Å². The molecule has 0 atom stereocenters. The summed E-state index contributed by atoms with van der Waals surface area (Å²) in [7, 11) is 0. The number of hydrogen-bond donors (Lipinski definition) is 0. The van der Waals surface area contributed by atoms with Gasteiger partial charge >= 0.3 is 0 Å².